The van der Waals surface area contributed by atoms with Gasteiger partial charge in [-0.25, -0.2) is 13.4 Å². The third kappa shape index (κ3) is 2.99. The molecule has 3 aromatic rings. The van der Waals surface area contributed by atoms with Gasteiger partial charge in [-0.05, 0) is 17.7 Å². The van der Waals surface area contributed by atoms with Crippen LogP contribution in [0.25, 0.3) is 4.96 Å². The number of hydrogen-bond donors (Lipinski definition) is 1. The highest BCUT2D eigenvalue weighted by Gasteiger charge is 2.13. The van der Waals surface area contributed by atoms with Crippen molar-refractivity contribution < 1.29 is 13.5 Å². The Morgan fingerprint density at radius 1 is 1.33 bits per heavy atom. The van der Waals surface area contributed by atoms with Crippen LogP contribution in [0, 0.1) is 0 Å². The van der Waals surface area contributed by atoms with E-state index in [4.69, 9.17) is 0 Å². The Morgan fingerprint density at radius 3 is 2.67 bits per heavy atom. The molecule has 5 nitrogen and oxygen atoms in total. The number of aliphatic hydroxyl groups is 1. The van der Waals surface area contributed by atoms with Crippen molar-refractivity contribution in [2.24, 2.45) is 0 Å². The minimum atomic E-state index is -3.21. The lowest BCUT2D eigenvalue weighted by molar-refractivity contribution is 0.177. The normalized spacial score (nSPS) is 13.6. The standard InChI is InChI=1S/C14H14N2O3S2/c1-21(18,19)12-4-2-10(3-5-12)13(17)8-11-9-16-6-7-20-14(16)15-11/h2-7,9,13,17H,8H2,1H3. The fourth-order valence-electron chi connectivity index (χ4n) is 2.13. The quantitative estimate of drug-likeness (QED) is 0.798. The summed E-state index contributed by atoms with van der Waals surface area (Å²) in [5.41, 5.74) is 1.49. The van der Waals surface area contributed by atoms with Gasteiger partial charge in [-0.3, -0.25) is 4.40 Å². The van der Waals surface area contributed by atoms with Crippen LogP contribution in [-0.2, 0) is 16.3 Å². The van der Waals surface area contributed by atoms with Crippen LogP contribution >= 0.6 is 11.3 Å². The zero-order valence-corrected chi connectivity index (χ0v) is 12.9. The summed E-state index contributed by atoms with van der Waals surface area (Å²) in [5, 5.41) is 12.2. The van der Waals surface area contributed by atoms with Crippen molar-refractivity contribution in [1.82, 2.24) is 9.38 Å². The smallest absolute Gasteiger partial charge is 0.193 e. The fraction of sp³-hybridized carbons (Fsp3) is 0.214. The molecule has 3 rings (SSSR count). The SMILES string of the molecule is CS(=O)(=O)c1ccc(C(O)Cc2cn3ccsc3n2)cc1. The van der Waals surface area contributed by atoms with E-state index in [1.54, 1.807) is 12.1 Å². The molecule has 21 heavy (non-hydrogen) atoms. The highest BCUT2D eigenvalue weighted by molar-refractivity contribution is 7.90. The Bertz CT molecular complexity index is 835. The van der Waals surface area contributed by atoms with E-state index in [2.05, 4.69) is 4.98 Å². The maximum Gasteiger partial charge on any atom is 0.193 e. The Hall–Kier alpha value is -1.70. The van der Waals surface area contributed by atoms with Gasteiger partial charge in [0.1, 0.15) is 0 Å². The van der Waals surface area contributed by atoms with Gasteiger partial charge in [-0.15, -0.1) is 11.3 Å². The van der Waals surface area contributed by atoms with Gasteiger partial charge in [0.2, 0.25) is 0 Å². The fourth-order valence-corrected chi connectivity index (χ4v) is 3.48. The summed E-state index contributed by atoms with van der Waals surface area (Å²) in [5.74, 6) is 0. The van der Waals surface area contributed by atoms with E-state index >= 15 is 0 Å². The summed E-state index contributed by atoms with van der Waals surface area (Å²) in [4.78, 5) is 5.56. The molecule has 7 heteroatoms. The van der Waals surface area contributed by atoms with E-state index in [-0.39, 0.29) is 4.90 Å². The van der Waals surface area contributed by atoms with Gasteiger partial charge in [0.15, 0.2) is 14.8 Å². The molecular formula is C14H14N2O3S2. The van der Waals surface area contributed by atoms with Crippen molar-refractivity contribution in [3.8, 4) is 0 Å². The van der Waals surface area contributed by atoms with Crippen LogP contribution in [0.2, 0.25) is 0 Å². The Morgan fingerprint density at radius 2 is 2.05 bits per heavy atom. The van der Waals surface area contributed by atoms with Gasteiger partial charge in [0.05, 0.1) is 16.7 Å². The Labute approximate surface area is 126 Å². The Kier molecular flexibility index (Phi) is 3.56. The van der Waals surface area contributed by atoms with Gasteiger partial charge in [0.25, 0.3) is 0 Å². The minimum absolute atomic E-state index is 0.251. The summed E-state index contributed by atoms with van der Waals surface area (Å²) in [6.07, 6.45) is 4.66. The molecule has 0 saturated heterocycles. The number of hydrogen-bond acceptors (Lipinski definition) is 5. The molecule has 1 aromatic carbocycles. The second kappa shape index (κ2) is 5.25. The maximum atomic E-state index is 11.4. The topological polar surface area (TPSA) is 71.7 Å². The molecule has 0 aliphatic rings. The van der Waals surface area contributed by atoms with Crippen LogP contribution in [0.3, 0.4) is 0 Å². The Balaban J connectivity index is 1.78. The number of nitrogens with zero attached hydrogens (tertiary/aromatic N) is 2. The van der Waals surface area contributed by atoms with Crippen LogP contribution in [-0.4, -0.2) is 29.2 Å². The van der Waals surface area contributed by atoms with E-state index in [9.17, 15) is 13.5 Å². The molecule has 1 N–H and O–H groups in total. The number of aromatic nitrogens is 2. The van der Waals surface area contributed by atoms with E-state index in [0.29, 0.717) is 12.0 Å². The number of thiazole rings is 1. The first-order valence-electron chi connectivity index (χ1n) is 6.32. The molecule has 0 spiro atoms. The molecule has 0 fully saturated rings. The van der Waals surface area contributed by atoms with Crippen molar-refractivity contribution in [2.45, 2.75) is 17.4 Å². The van der Waals surface area contributed by atoms with Gasteiger partial charge >= 0.3 is 0 Å². The molecule has 110 valence electrons. The molecule has 0 saturated carbocycles. The minimum Gasteiger partial charge on any atom is -0.388 e. The van der Waals surface area contributed by atoms with E-state index in [1.807, 2.05) is 22.2 Å². The number of fused-ring (bicyclic) bond motifs is 1. The van der Waals surface area contributed by atoms with Crippen molar-refractivity contribution in [3.63, 3.8) is 0 Å². The highest BCUT2D eigenvalue weighted by atomic mass is 32.2. The summed E-state index contributed by atoms with van der Waals surface area (Å²) in [6.45, 7) is 0. The average Bonchev–Trinajstić information content (AvgIpc) is 2.98. The van der Waals surface area contributed by atoms with Gasteiger partial charge in [-0.1, -0.05) is 12.1 Å². The van der Waals surface area contributed by atoms with E-state index in [0.717, 1.165) is 16.9 Å². The first-order chi connectivity index (χ1) is 9.93. The summed E-state index contributed by atoms with van der Waals surface area (Å²) >= 11 is 1.54. The zero-order chi connectivity index (χ0) is 15.0. The van der Waals surface area contributed by atoms with Crippen molar-refractivity contribution in [2.75, 3.05) is 6.26 Å². The molecule has 0 amide bonds. The first-order valence-corrected chi connectivity index (χ1v) is 9.10. The lowest BCUT2D eigenvalue weighted by Gasteiger charge is -2.09. The van der Waals surface area contributed by atoms with Crippen molar-refractivity contribution in [3.05, 3.63) is 53.3 Å². The first kappa shape index (κ1) is 14.2. The molecule has 0 bridgehead atoms. The molecule has 1 unspecified atom stereocenters. The van der Waals surface area contributed by atoms with Crippen LogP contribution < -0.4 is 0 Å². The van der Waals surface area contributed by atoms with Crippen LogP contribution in [0.4, 0.5) is 0 Å². The maximum absolute atomic E-state index is 11.4. The molecular weight excluding hydrogens is 308 g/mol. The third-order valence-electron chi connectivity index (χ3n) is 3.24. The van der Waals surface area contributed by atoms with Gasteiger partial charge in [-0.2, -0.15) is 0 Å². The summed E-state index contributed by atoms with van der Waals surface area (Å²) in [7, 11) is -3.21. The third-order valence-corrected chi connectivity index (χ3v) is 5.14. The zero-order valence-electron chi connectivity index (χ0n) is 11.3. The number of aliphatic hydroxyl groups excluding tert-OH is 1. The molecule has 0 radical (unpaired) electrons. The largest absolute Gasteiger partial charge is 0.388 e. The number of sulfone groups is 1. The van der Waals surface area contributed by atoms with Crippen LogP contribution in [0.15, 0.2) is 46.9 Å². The highest BCUT2D eigenvalue weighted by Crippen LogP contribution is 2.21. The number of imidazole rings is 1. The van der Waals surface area contributed by atoms with Gasteiger partial charge < -0.3 is 5.11 Å². The predicted molar refractivity (Wildman–Crippen MR) is 81.3 cm³/mol. The van der Waals surface area contributed by atoms with E-state index < -0.39 is 15.9 Å². The second-order valence-corrected chi connectivity index (χ2v) is 7.77. The van der Waals surface area contributed by atoms with Crippen LogP contribution in [0.5, 0.6) is 0 Å². The average molecular weight is 322 g/mol. The monoisotopic (exact) mass is 322 g/mol. The molecule has 1 atom stereocenters. The van der Waals surface area contributed by atoms with Gasteiger partial charge in [0, 0.05) is 30.5 Å². The van der Waals surface area contributed by atoms with E-state index in [1.165, 1.54) is 23.5 Å². The summed E-state index contributed by atoms with van der Waals surface area (Å²) < 4.78 is 24.7. The predicted octanol–water partition coefficient (Wildman–Crippen LogP) is 2.08. The second-order valence-electron chi connectivity index (χ2n) is 4.89. The summed E-state index contributed by atoms with van der Waals surface area (Å²) in [6, 6.07) is 6.30. The molecule has 2 aromatic heterocycles. The molecule has 0 aliphatic heterocycles. The number of benzene rings is 1. The lowest BCUT2D eigenvalue weighted by atomic mass is 10.1. The van der Waals surface area contributed by atoms with Crippen molar-refractivity contribution in [1.29, 1.82) is 0 Å². The number of rotatable bonds is 4. The van der Waals surface area contributed by atoms with Crippen molar-refractivity contribution >= 4 is 26.1 Å². The lowest BCUT2D eigenvalue weighted by Crippen LogP contribution is -2.03. The molecule has 0 aliphatic carbocycles. The van der Waals surface area contributed by atoms with Crippen LogP contribution in [0.1, 0.15) is 17.4 Å². The molecule has 2 heterocycles.